The monoisotopic (exact) mass is 2030 g/mol. The van der Waals surface area contributed by atoms with Crippen LogP contribution in [0, 0.1) is 72.6 Å². The molecule has 10 aliphatic rings. The van der Waals surface area contributed by atoms with Crippen LogP contribution in [0.4, 0.5) is 11.4 Å². The molecule has 4 heterocycles. The van der Waals surface area contributed by atoms with Gasteiger partial charge in [-0.15, -0.1) is 0 Å². The first kappa shape index (κ1) is 101. The Morgan fingerprint density at radius 3 is 0.798 bits per heavy atom. The van der Waals surface area contributed by atoms with Gasteiger partial charge in [0.25, 0.3) is 0 Å². The third-order valence-corrected chi connectivity index (χ3v) is 45.3. The fraction of sp³-hybridized carbons (Fsp3) is 0.649. The summed E-state index contributed by atoms with van der Waals surface area (Å²) in [5.74, 6) is 0. The van der Waals surface area contributed by atoms with Gasteiger partial charge in [-0.2, -0.15) is 20.7 Å². The standard InChI is InChI=1S/C21H27N2.3C16H30NOP.C9H11ClIS.2C7H6.2CH4.4ClH.2Ru/c1-14-9-16(3)20(17(4)10-14)22-7-8-23(13-22)21-18(5)11-15(2)12-19(21)6;3*1-3-7-15(8-4-1)19(16-9-5-2-6-10-16)17-11-13-18-14-12-17;1-6-4-7(2)9(11-12-10)8(3)5-6;2*1-7-5-3-2-4-6-7;;;;;;;;/h9-13H,7-8H2,1-6H3;3*15-16H,1-14H2;4-5H,1-3H3;2*1-6H;2*1H4;4*1H;;/q-1;;;;-1;;;;;;;;;2*+2/p-1. The van der Waals surface area contributed by atoms with Crippen molar-refractivity contribution in [1.82, 2.24) is 14.0 Å². The summed E-state index contributed by atoms with van der Waals surface area (Å²) in [6.45, 7) is 37.4. The minimum absolute atomic E-state index is 0. The number of morpholine rings is 3. The van der Waals surface area contributed by atoms with E-state index in [0.29, 0.717) is 0 Å². The van der Waals surface area contributed by atoms with Gasteiger partial charge in [-0.25, -0.2) is 0 Å². The molecule has 10 fully saturated rings. The second-order valence-electron chi connectivity index (χ2n) is 33.4. The van der Waals surface area contributed by atoms with E-state index >= 15 is 0 Å². The first-order valence-corrected chi connectivity index (χ1v) is 64.4. The number of hydrogen-bond donors (Lipinski definition) is 0. The van der Waals surface area contributed by atoms with Gasteiger partial charge in [0.05, 0.1) is 137 Å². The molecule has 0 unspecified atom stereocenters. The van der Waals surface area contributed by atoms with Crippen LogP contribution in [0.15, 0.2) is 97.1 Å². The van der Waals surface area contributed by atoms with E-state index in [0.717, 1.165) is 97.8 Å². The minimum atomic E-state index is -1.61. The fourth-order valence-corrected chi connectivity index (χ4v) is 41.2. The number of halogens is 6. The predicted molar refractivity (Wildman–Crippen MR) is 507 cm³/mol. The number of nitrogens with zero attached hydrogens (tertiary/aromatic N) is 5. The normalized spacial score (nSPS) is 20.4. The van der Waals surface area contributed by atoms with Gasteiger partial charge < -0.3 is 24.0 Å². The van der Waals surface area contributed by atoms with Crippen molar-refractivity contribution in [3.05, 3.63) is 168 Å². The molecule has 0 bridgehead atoms. The van der Waals surface area contributed by atoms with E-state index < -0.39 is 27.0 Å². The predicted octanol–water partition coefficient (Wildman–Crippen LogP) is 24.8. The van der Waals surface area contributed by atoms with Crippen LogP contribution in [-0.2, 0) is 41.2 Å². The molecular formula is C94H151Cl5IN5O3P3Ru2S+. The molecule has 0 atom stereocenters. The van der Waals surface area contributed by atoms with Crippen molar-refractivity contribution in [2.75, 3.05) is 102 Å². The Morgan fingerprint density at radius 2 is 0.579 bits per heavy atom. The fourth-order valence-electron chi connectivity index (χ4n) is 20.0. The van der Waals surface area contributed by atoms with Gasteiger partial charge in [0.2, 0.25) is 0 Å². The number of anilines is 2. The van der Waals surface area contributed by atoms with Crippen molar-refractivity contribution >= 4 is 102 Å². The second-order valence-corrected chi connectivity index (χ2v) is 60.2. The van der Waals surface area contributed by atoms with Crippen molar-refractivity contribution in [2.24, 2.45) is 0 Å². The summed E-state index contributed by atoms with van der Waals surface area (Å²) in [5.41, 5.74) is 23.8. The molecule has 5 aromatic carbocycles. The second kappa shape index (κ2) is 57.0. The SMILES string of the molecule is C.C.C1CCC([PH+](C2CCCCC2)N2CCOCC2)CC1.C1CCC([PH+](C2CCCCC2)N2CCOCC2)CC1.C1CCC([PH+](C2CCCCC2)N2CCOCC2)CC1.Cc1cc(C)c(N2[CH-]N(c3c(C)cc(C)cc3C)CC2)c(C)c1.Cc1cc(C)c([I-]SCl)c(C)c1.[Cl][Ru]([Cl])=[CH]c1ccccc1.[Cl][Ru]([Cl])=[CH]c1ccccc1. The molecule has 6 aliphatic carbocycles. The van der Waals surface area contributed by atoms with E-state index in [4.69, 9.17) is 63.7 Å². The zero-order chi connectivity index (χ0) is 79.4. The van der Waals surface area contributed by atoms with Gasteiger partial charge in [0.15, 0.2) is 0 Å². The summed E-state index contributed by atoms with van der Waals surface area (Å²) < 4.78 is 30.9. The average molecular weight is 2030 g/mol. The third kappa shape index (κ3) is 34.7. The maximum atomic E-state index is 5.69. The average Bonchev–Trinajstić information content (AvgIpc) is 1.08. The molecule has 5 aromatic rings. The van der Waals surface area contributed by atoms with Crippen LogP contribution in [0.3, 0.4) is 0 Å². The van der Waals surface area contributed by atoms with Crippen LogP contribution in [0.5, 0.6) is 0 Å². The summed E-state index contributed by atoms with van der Waals surface area (Å²) in [5, 5.41) is 0. The Hall–Kier alpha value is 0.267. The van der Waals surface area contributed by atoms with Crippen LogP contribution in [0.2, 0.25) is 0 Å². The van der Waals surface area contributed by atoms with Crippen molar-refractivity contribution < 1.29 is 61.1 Å². The summed E-state index contributed by atoms with van der Waals surface area (Å²) in [7, 11) is 28.9. The van der Waals surface area contributed by atoms with Gasteiger partial charge >= 0.3 is 239 Å². The summed E-state index contributed by atoms with van der Waals surface area (Å²) in [6, 6.07) is 33.4. The molecule has 6 saturated carbocycles. The molecule has 0 amide bonds. The molecule has 648 valence electrons. The molecule has 0 radical (unpaired) electrons. The third-order valence-electron chi connectivity index (χ3n) is 24.7. The van der Waals surface area contributed by atoms with Gasteiger partial charge in [0, 0.05) is 24.5 Å². The zero-order valence-electron chi connectivity index (χ0n) is 69.9. The Kier molecular flexibility index (Phi) is 50.7. The number of aryl methyl sites for hydroxylation is 9. The molecule has 0 N–H and O–H groups in total. The van der Waals surface area contributed by atoms with Crippen molar-refractivity contribution in [3.63, 3.8) is 0 Å². The first-order chi connectivity index (χ1) is 54.4. The number of benzene rings is 5. The quantitative estimate of drug-likeness (QED) is 0.0441. The van der Waals surface area contributed by atoms with Crippen molar-refractivity contribution in [2.45, 2.75) is 304 Å². The van der Waals surface area contributed by atoms with Gasteiger partial charge in [-0.3, -0.25) is 0 Å². The summed E-state index contributed by atoms with van der Waals surface area (Å²) in [4.78, 5) is 4.81. The van der Waals surface area contributed by atoms with Crippen molar-refractivity contribution in [3.8, 4) is 0 Å². The van der Waals surface area contributed by atoms with Crippen LogP contribution >= 0.6 is 81.8 Å². The summed E-state index contributed by atoms with van der Waals surface area (Å²) in [6.07, 6.45) is 45.6. The first-order valence-electron chi connectivity index (χ1n) is 43.3. The van der Waals surface area contributed by atoms with E-state index in [1.54, 1.807) is 77.0 Å². The molecule has 4 saturated heterocycles. The topological polar surface area (TPSA) is 43.9 Å². The maximum absolute atomic E-state index is 5.69. The Labute approximate surface area is 744 Å². The molecular weight excluding hydrogens is 1880 g/mol. The van der Waals surface area contributed by atoms with E-state index in [1.165, 1.54) is 228 Å². The zero-order valence-corrected chi connectivity index (χ0v) is 83.1. The van der Waals surface area contributed by atoms with Crippen LogP contribution < -0.4 is 29.6 Å². The van der Waals surface area contributed by atoms with Crippen molar-refractivity contribution in [1.29, 1.82) is 0 Å². The number of ether oxygens (including phenoxy) is 3. The van der Waals surface area contributed by atoms with E-state index in [1.807, 2.05) is 69.9 Å². The van der Waals surface area contributed by atoms with Gasteiger partial charge in [0.1, 0.15) is 0 Å². The number of hydrogen-bond acceptors (Lipinski definition) is 9. The Morgan fingerprint density at radius 1 is 0.351 bits per heavy atom. The van der Waals surface area contributed by atoms with E-state index in [9.17, 15) is 0 Å². The molecule has 0 spiro atoms. The number of rotatable bonds is 15. The van der Waals surface area contributed by atoms with E-state index in [-0.39, 0.29) is 58.9 Å². The van der Waals surface area contributed by atoms with E-state index in [2.05, 4.69) is 129 Å². The molecule has 4 aliphatic heterocycles. The van der Waals surface area contributed by atoms with Gasteiger partial charge in [-0.05, 0) is 218 Å². The van der Waals surface area contributed by atoms with Crippen LogP contribution in [0.25, 0.3) is 0 Å². The van der Waals surface area contributed by atoms with Crippen LogP contribution in [0.1, 0.15) is 269 Å². The van der Waals surface area contributed by atoms with Crippen LogP contribution in [-0.4, -0.2) is 149 Å². The molecule has 114 heavy (non-hydrogen) atoms. The summed E-state index contributed by atoms with van der Waals surface area (Å²) >= 11 is -3.27. The molecule has 15 rings (SSSR count). The Balaban J connectivity index is 0.000000187. The molecule has 0 aromatic heterocycles. The van der Waals surface area contributed by atoms with Gasteiger partial charge in [-0.1, -0.05) is 88.8 Å². The Bertz CT molecular complexity index is 3080. The molecule has 8 nitrogen and oxygen atoms in total. The molecule has 20 heteroatoms.